The van der Waals surface area contributed by atoms with Crippen LogP contribution in [0.1, 0.15) is 19.8 Å². The molecule has 1 heterocycles. The molecule has 0 atom stereocenters. The lowest BCUT2D eigenvalue weighted by atomic mass is 10.0. The fraction of sp³-hybridized carbons (Fsp3) is 1.00. The molecule has 1 saturated heterocycles. The highest BCUT2D eigenvalue weighted by molar-refractivity contribution is 5.10. The number of likely N-dealkylation sites (tertiary alicyclic amines) is 1. The van der Waals surface area contributed by atoms with Crippen molar-refractivity contribution in [2.24, 2.45) is 5.41 Å². The van der Waals surface area contributed by atoms with Gasteiger partial charge >= 0.3 is 0 Å². The normalized spacial score (nSPS) is 33.0. The Bertz CT molecular complexity index is 169. The molecule has 2 fully saturated rings. The molecule has 0 aromatic carbocycles. The van der Waals surface area contributed by atoms with Crippen molar-refractivity contribution in [1.29, 1.82) is 0 Å². The SMILES string of the molecule is CCN1CC(F)(F)C2(CC2)C1. The first-order valence-electron chi connectivity index (χ1n) is 4.20. The molecule has 0 bridgehead atoms. The predicted molar refractivity (Wildman–Crippen MR) is 38.7 cm³/mol. The molecule has 11 heavy (non-hydrogen) atoms. The van der Waals surface area contributed by atoms with Crippen molar-refractivity contribution in [1.82, 2.24) is 4.90 Å². The van der Waals surface area contributed by atoms with Gasteiger partial charge in [0.15, 0.2) is 0 Å². The van der Waals surface area contributed by atoms with E-state index in [0.717, 1.165) is 19.4 Å². The van der Waals surface area contributed by atoms with E-state index in [-0.39, 0.29) is 6.54 Å². The molecule has 64 valence electrons. The molecule has 1 spiro atoms. The molecule has 0 aromatic heterocycles. The molecule has 0 aromatic rings. The molecule has 2 rings (SSSR count). The van der Waals surface area contributed by atoms with E-state index < -0.39 is 11.3 Å². The van der Waals surface area contributed by atoms with Gasteiger partial charge in [0.1, 0.15) is 0 Å². The lowest BCUT2D eigenvalue weighted by Crippen LogP contribution is -2.28. The van der Waals surface area contributed by atoms with Crippen molar-refractivity contribution in [2.75, 3.05) is 19.6 Å². The summed E-state index contributed by atoms with van der Waals surface area (Å²) < 4.78 is 26.4. The highest BCUT2D eigenvalue weighted by Crippen LogP contribution is 2.60. The lowest BCUT2D eigenvalue weighted by Gasteiger charge is -2.14. The smallest absolute Gasteiger partial charge is 0.267 e. The average Bonchev–Trinajstić information content (AvgIpc) is 2.62. The number of halogens is 2. The van der Waals surface area contributed by atoms with E-state index >= 15 is 0 Å². The maximum Gasteiger partial charge on any atom is 0.267 e. The van der Waals surface area contributed by atoms with Crippen molar-refractivity contribution in [3.63, 3.8) is 0 Å². The van der Waals surface area contributed by atoms with Crippen molar-refractivity contribution in [2.45, 2.75) is 25.7 Å². The van der Waals surface area contributed by atoms with Gasteiger partial charge in [-0.2, -0.15) is 0 Å². The minimum atomic E-state index is -2.40. The fourth-order valence-electron chi connectivity index (χ4n) is 1.95. The Morgan fingerprint density at radius 3 is 2.18 bits per heavy atom. The number of hydrogen-bond donors (Lipinski definition) is 0. The molecule has 1 aliphatic carbocycles. The van der Waals surface area contributed by atoms with Gasteiger partial charge in [0.05, 0.1) is 6.54 Å². The van der Waals surface area contributed by atoms with Crippen LogP contribution in [0.3, 0.4) is 0 Å². The van der Waals surface area contributed by atoms with Crippen molar-refractivity contribution in [3.8, 4) is 0 Å². The summed E-state index contributed by atoms with van der Waals surface area (Å²) in [6, 6.07) is 0. The zero-order valence-electron chi connectivity index (χ0n) is 6.74. The molecule has 1 nitrogen and oxygen atoms in total. The highest BCUT2D eigenvalue weighted by Gasteiger charge is 2.66. The molecular formula is C8H13F2N. The van der Waals surface area contributed by atoms with Crippen LogP contribution in [0.25, 0.3) is 0 Å². The third-order valence-corrected chi connectivity index (χ3v) is 3.03. The van der Waals surface area contributed by atoms with Gasteiger partial charge in [-0.3, -0.25) is 4.90 Å². The minimum Gasteiger partial charge on any atom is -0.297 e. The van der Waals surface area contributed by atoms with Gasteiger partial charge < -0.3 is 0 Å². The van der Waals surface area contributed by atoms with E-state index in [1.165, 1.54) is 0 Å². The summed E-state index contributed by atoms with van der Waals surface area (Å²) in [4.78, 5) is 1.85. The van der Waals surface area contributed by atoms with Gasteiger partial charge in [0, 0.05) is 12.0 Å². The van der Waals surface area contributed by atoms with E-state index in [0.29, 0.717) is 6.54 Å². The second-order valence-corrected chi connectivity index (χ2v) is 3.79. The number of nitrogens with zero attached hydrogens (tertiary/aromatic N) is 1. The van der Waals surface area contributed by atoms with Gasteiger partial charge in [-0.25, -0.2) is 8.78 Å². The van der Waals surface area contributed by atoms with E-state index in [9.17, 15) is 8.78 Å². The Balaban J connectivity index is 2.13. The molecule has 3 heteroatoms. The molecule has 0 N–H and O–H groups in total. The molecule has 0 unspecified atom stereocenters. The van der Waals surface area contributed by atoms with E-state index in [1.54, 1.807) is 0 Å². The summed E-state index contributed by atoms with van der Waals surface area (Å²) in [5.41, 5.74) is -0.594. The third-order valence-electron chi connectivity index (χ3n) is 3.03. The maximum absolute atomic E-state index is 13.2. The van der Waals surface area contributed by atoms with Crippen LogP contribution in [0.5, 0.6) is 0 Å². The monoisotopic (exact) mass is 161 g/mol. The van der Waals surface area contributed by atoms with Gasteiger partial charge in [-0.15, -0.1) is 0 Å². The molecule has 1 aliphatic heterocycles. The van der Waals surface area contributed by atoms with Crippen molar-refractivity contribution < 1.29 is 8.78 Å². The molecule has 1 saturated carbocycles. The van der Waals surface area contributed by atoms with Crippen molar-refractivity contribution in [3.05, 3.63) is 0 Å². The standard InChI is InChI=1S/C8H13F2N/c1-2-11-5-7(3-4-7)8(9,10)6-11/h2-6H2,1H3. The molecule has 0 amide bonds. The van der Waals surface area contributed by atoms with E-state index in [1.807, 2.05) is 11.8 Å². The predicted octanol–water partition coefficient (Wildman–Crippen LogP) is 1.74. The highest BCUT2D eigenvalue weighted by atomic mass is 19.3. The van der Waals surface area contributed by atoms with E-state index in [2.05, 4.69) is 0 Å². The second-order valence-electron chi connectivity index (χ2n) is 3.79. The first kappa shape index (κ1) is 7.47. The Morgan fingerprint density at radius 1 is 1.27 bits per heavy atom. The summed E-state index contributed by atoms with van der Waals surface area (Å²) in [5.74, 6) is -2.40. The molecule has 2 aliphatic rings. The molecular weight excluding hydrogens is 148 g/mol. The average molecular weight is 161 g/mol. The summed E-state index contributed by atoms with van der Waals surface area (Å²) in [6.45, 7) is 3.31. The first-order valence-corrected chi connectivity index (χ1v) is 4.20. The zero-order chi connectivity index (χ0) is 8.11. The Morgan fingerprint density at radius 2 is 1.91 bits per heavy atom. The quantitative estimate of drug-likeness (QED) is 0.566. The van der Waals surface area contributed by atoms with Crippen LogP contribution in [0.4, 0.5) is 8.78 Å². The van der Waals surface area contributed by atoms with Crippen LogP contribution in [-0.4, -0.2) is 30.5 Å². The summed E-state index contributed by atoms with van der Waals surface area (Å²) in [6.07, 6.45) is 1.47. The summed E-state index contributed by atoms with van der Waals surface area (Å²) in [7, 11) is 0. The Labute approximate surface area is 65.4 Å². The maximum atomic E-state index is 13.2. The van der Waals surface area contributed by atoms with Gasteiger partial charge in [-0.1, -0.05) is 6.92 Å². The third kappa shape index (κ3) is 0.901. The van der Waals surface area contributed by atoms with Gasteiger partial charge in [-0.05, 0) is 19.4 Å². The minimum absolute atomic E-state index is 0.0104. The fourth-order valence-corrected chi connectivity index (χ4v) is 1.95. The Hall–Kier alpha value is -0.180. The van der Waals surface area contributed by atoms with Crippen LogP contribution >= 0.6 is 0 Å². The second kappa shape index (κ2) is 1.94. The topological polar surface area (TPSA) is 3.24 Å². The van der Waals surface area contributed by atoms with E-state index in [4.69, 9.17) is 0 Å². The lowest BCUT2D eigenvalue weighted by molar-refractivity contribution is -0.0382. The van der Waals surface area contributed by atoms with Crippen LogP contribution in [0.2, 0.25) is 0 Å². The van der Waals surface area contributed by atoms with Gasteiger partial charge in [0.25, 0.3) is 5.92 Å². The number of rotatable bonds is 1. The number of hydrogen-bond acceptors (Lipinski definition) is 1. The van der Waals surface area contributed by atoms with Crippen LogP contribution in [0.15, 0.2) is 0 Å². The van der Waals surface area contributed by atoms with Crippen molar-refractivity contribution >= 4 is 0 Å². The zero-order valence-corrected chi connectivity index (χ0v) is 6.74. The number of alkyl halides is 2. The van der Waals surface area contributed by atoms with Gasteiger partial charge in [0.2, 0.25) is 0 Å². The first-order chi connectivity index (χ1) is 5.10. The Kier molecular flexibility index (Phi) is 1.32. The summed E-state index contributed by atoms with van der Waals surface area (Å²) in [5, 5.41) is 0. The van der Waals surface area contributed by atoms with Crippen LogP contribution in [0, 0.1) is 5.41 Å². The summed E-state index contributed by atoms with van der Waals surface area (Å²) >= 11 is 0. The van der Waals surface area contributed by atoms with Crippen LogP contribution in [-0.2, 0) is 0 Å². The van der Waals surface area contributed by atoms with Crippen LogP contribution < -0.4 is 0 Å². The molecule has 0 radical (unpaired) electrons. The largest absolute Gasteiger partial charge is 0.297 e.